The van der Waals surface area contributed by atoms with Crippen LogP contribution in [0.25, 0.3) is 0 Å². The predicted octanol–water partition coefficient (Wildman–Crippen LogP) is 1.17. The molecule has 33 heavy (non-hydrogen) atoms. The smallest absolute Gasteiger partial charge is 0.322 e. The lowest BCUT2D eigenvalue weighted by Gasteiger charge is -2.37. The third kappa shape index (κ3) is 12.1. The van der Waals surface area contributed by atoms with Crippen LogP contribution < -0.4 is 5.32 Å². The largest absolute Gasteiger partial charge is 0.481 e. The van der Waals surface area contributed by atoms with Crippen LogP contribution in [0, 0.1) is 11.3 Å². The van der Waals surface area contributed by atoms with Gasteiger partial charge in [0.2, 0.25) is 13.9 Å². The highest BCUT2D eigenvalue weighted by Crippen LogP contribution is 2.49. The van der Waals surface area contributed by atoms with Crippen molar-refractivity contribution in [3.63, 3.8) is 0 Å². The van der Waals surface area contributed by atoms with E-state index in [1.165, 1.54) is 20.8 Å². The van der Waals surface area contributed by atoms with E-state index in [0.29, 0.717) is 0 Å². The van der Waals surface area contributed by atoms with Crippen molar-refractivity contribution in [1.82, 2.24) is 5.32 Å². The average molecular weight is 537 g/mol. The van der Waals surface area contributed by atoms with E-state index in [9.17, 15) is 37.0 Å². The summed E-state index contributed by atoms with van der Waals surface area (Å²) in [5.74, 6) is -3.55. The van der Waals surface area contributed by atoms with E-state index in [1.54, 1.807) is 13.8 Å². The zero-order valence-electron chi connectivity index (χ0n) is 19.2. The molecule has 0 aromatic heterocycles. The number of carboxylic acid groups (broad SMARTS) is 1. The molecule has 0 heterocycles. The summed E-state index contributed by atoms with van der Waals surface area (Å²) in [6.45, 7) is 6.68. The Morgan fingerprint density at radius 1 is 1.15 bits per heavy atom. The number of carbonyl (C=O) groups excluding carboxylic acids is 2. The number of esters is 1. The van der Waals surface area contributed by atoms with Crippen LogP contribution >= 0.6 is 16.3 Å². The number of hydrogen-bond acceptors (Lipinski definition) is 10. The topological polar surface area (TPSA) is 200 Å². The second-order valence-electron chi connectivity index (χ2n) is 8.07. The van der Waals surface area contributed by atoms with E-state index >= 15 is 0 Å². The second kappa shape index (κ2) is 14.2. The van der Waals surface area contributed by atoms with Gasteiger partial charge in [-0.15, -0.1) is 0 Å². The number of ether oxygens (including phenoxy) is 1. The van der Waals surface area contributed by atoms with Gasteiger partial charge in [-0.05, 0) is 6.42 Å². The Kier molecular flexibility index (Phi) is 13.6. The van der Waals surface area contributed by atoms with Crippen LogP contribution in [0.2, 0.25) is 0 Å². The fourth-order valence-electron chi connectivity index (χ4n) is 2.77. The zero-order valence-corrected chi connectivity index (χ0v) is 22.0. The van der Waals surface area contributed by atoms with E-state index in [0.717, 1.165) is 0 Å². The van der Waals surface area contributed by atoms with Gasteiger partial charge in [0.25, 0.3) is 10.1 Å². The summed E-state index contributed by atoms with van der Waals surface area (Å²) >= 11 is 0. The SMILES string of the molecule is CC(=O)NCCCS(=O)(=O)OC(CCOC(=O)C(C)C)C(C)(C)[C@H](C(=O)O)[PH](=O)O[PH](=O)O. The van der Waals surface area contributed by atoms with Crippen molar-refractivity contribution in [3.8, 4) is 0 Å². The van der Waals surface area contributed by atoms with Crippen molar-refractivity contribution in [2.24, 2.45) is 11.3 Å². The Bertz CT molecular complexity index is 843. The summed E-state index contributed by atoms with van der Waals surface area (Å²) in [5.41, 5.74) is -3.59. The number of aliphatic carboxylic acids is 1. The van der Waals surface area contributed by atoms with Crippen LogP contribution in [0.1, 0.15) is 47.5 Å². The number of nitrogens with one attached hydrogen (secondary N) is 1. The first-order valence-electron chi connectivity index (χ1n) is 10.0. The quantitative estimate of drug-likeness (QED) is 0.110. The molecule has 0 aromatic carbocycles. The fourth-order valence-corrected chi connectivity index (χ4v) is 6.22. The fraction of sp³-hybridized carbons (Fsp3) is 0.824. The van der Waals surface area contributed by atoms with Crippen molar-refractivity contribution in [3.05, 3.63) is 0 Å². The van der Waals surface area contributed by atoms with Crippen LogP contribution in [-0.4, -0.2) is 66.9 Å². The number of carboxylic acids is 1. The van der Waals surface area contributed by atoms with Gasteiger partial charge in [-0.3, -0.25) is 32.0 Å². The highest BCUT2D eigenvalue weighted by Gasteiger charge is 2.48. The standard InChI is InChI=1S/C17H33NO12P2S/c1-11(2)16(22)28-9-7-13(29-33(26,27)10-6-8-18-12(3)19)17(4,5)14(15(20)21)31(23)30-32(24)25/h11,13-14,31-32H,6-10H2,1-5H3,(H,18,19)(H,20,21)(H,24,25)/t13?,14-/m0/s1. The lowest BCUT2D eigenvalue weighted by molar-refractivity contribution is -0.149. The van der Waals surface area contributed by atoms with E-state index < -0.39 is 67.2 Å². The highest BCUT2D eigenvalue weighted by molar-refractivity contribution is 7.86. The van der Waals surface area contributed by atoms with Gasteiger partial charge in [0, 0.05) is 25.3 Å². The number of rotatable bonds is 16. The Labute approximate surface area is 194 Å². The van der Waals surface area contributed by atoms with Crippen LogP contribution in [0.15, 0.2) is 0 Å². The summed E-state index contributed by atoms with van der Waals surface area (Å²) in [6, 6.07) is 0. The Morgan fingerprint density at radius 3 is 2.18 bits per heavy atom. The molecule has 3 N–H and O–H groups in total. The van der Waals surface area contributed by atoms with E-state index in [1.807, 2.05) is 0 Å². The molecule has 0 saturated heterocycles. The lowest BCUT2D eigenvalue weighted by Crippen LogP contribution is -2.46. The van der Waals surface area contributed by atoms with Crippen LogP contribution in [0.5, 0.6) is 0 Å². The third-order valence-electron chi connectivity index (χ3n) is 4.55. The summed E-state index contributed by atoms with van der Waals surface area (Å²) < 4.78 is 63.0. The van der Waals surface area contributed by atoms with Gasteiger partial charge in [-0.2, -0.15) is 8.42 Å². The van der Waals surface area contributed by atoms with Gasteiger partial charge in [0.1, 0.15) is 5.66 Å². The monoisotopic (exact) mass is 537 g/mol. The summed E-state index contributed by atoms with van der Waals surface area (Å²) in [7, 11) is -11.7. The first kappa shape index (κ1) is 31.7. The van der Waals surface area contributed by atoms with E-state index in [2.05, 4.69) is 9.63 Å². The van der Waals surface area contributed by atoms with Gasteiger partial charge < -0.3 is 20.1 Å². The van der Waals surface area contributed by atoms with Crippen molar-refractivity contribution in [1.29, 1.82) is 0 Å². The first-order valence-corrected chi connectivity index (χ1v) is 14.2. The molecule has 0 aliphatic heterocycles. The number of carbonyl (C=O) groups is 3. The van der Waals surface area contributed by atoms with Gasteiger partial charge in [-0.25, -0.2) is 0 Å². The minimum Gasteiger partial charge on any atom is -0.481 e. The molecule has 3 unspecified atom stereocenters. The minimum atomic E-state index is -4.26. The van der Waals surface area contributed by atoms with Crippen molar-refractivity contribution >= 4 is 44.2 Å². The van der Waals surface area contributed by atoms with Gasteiger partial charge in [0.05, 0.1) is 24.4 Å². The Balaban J connectivity index is 5.78. The summed E-state index contributed by atoms with van der Waals surface area (Å²) in [5, 5.41) is 12.0. The normalized spacial score (nSPS) is 16.0. The van der Waals surface area contributed by atoms with Gasteiger partial charge in [-0.1, -0.05) is 27.7 Å². The van der Waals surface area contributed by atoms with E-state index in [4.69, 9.17) is 13.8 Å². The zero-order chi connectivity index (χ0) is 26.0. The van der Waals surface area contributed by atoms with E-state index in [-0.39, 0.29) is 31.9 Å². The molecule has 0 bridgehead atoms. The van der Waals surface area contributed by atoms with Crippen molar-refractivity contribution < 1.29 is 55.2 Å². The molecule has 0 aliphatic rings. The molecular formula is C17H33NO12P2S. The maximum atomic E-state index is 12.5. The number of hydrogen-bond donors (Lipinski definition) is 3. The molecule has 0 saturated carbocycles. The summed E-state index contributed by atoms with van der Waals surface area (Å²) in [4.78, 5) is 43.4. The highest BCUT2D eigenvalue weighted by atomic mass is 32.2. The molecule has 0 fully saturated rings. The lowest BCUT2D eigenvalue weighted by atomic mass is 9.81. The molecule has 0 rings (SSSR count). The van der Waals surface area contributed by atoms with Gasteiger partial charge in [0.15, 0.2) is 0 Å². The van der Waals surface area contributed by atoms with Crippen LogP contribution in [0.4, 0.5) is 0 Å². The molecule has 0 radical (unpaired) electrons. The first-order chi connectivity index (χ1) is 15.0. The minimum absolute atomic E-state index is 0.00590. The Hall–Kier alpha value is -1.30. The molecule has 194 valence electrons. The van der Waals surface area contributed by atoms with Crippen LogP contribution in [-0.2, 0) is 46.9 Å². The maximum absolute atomic E-state index is 12.5. The molecule has 13 nitrogen and oxygen atoms in total. The maximum Gasteiger partial charge on any atom is 0.322 e. The molecule has 0 aliphatic carbocycles. The molecule has 4 atom stereocenters. The third-order valence-corrected chi connectivity index (χ3v) is 8.83. The summed E-state index contributed by atoms with van der Waals surface area (Å²) in [6.07, 6.45) is -1.71. The molecule has 0 aromatic rings. The predicted molar refractivity (Wildman–Crippen MR) is 119 cm³/mol. The Morgan fingerprint density at radius 2 is 1.73 bits per heavy atom. The second-order valence-corrected chi connectivity index (χ2v) is 12.4. The molecule has 16 heteroatoms. The average Bonchev–Trinajstić information content (AvgIpc) is 2.62. The molecule has 1 amide bonds. The number of amides is 1. The van der Waals surface area contributed by atoms with Crippen LogP contribution in [0.3, 0.4) is 0 Å². The van der Waals surface area contributed by atoms with Crippen molar-refractivity contribution in [2.75, 3.05) is 18.9 Å². The molecule has 0 spiro atoms. The van der Waals surface area contributed by atoms with Gasteiger partial charge >= 0.3 is 20.2 Å². The molecular weight excluding hydrogens is 504 g/mol. The van der Waals surface area contributed by atoms with Crippen molar-refractivity contribution in [2.45, 2.75) is 59.2 Å².